The summed E-state index contributed by atoms with van der Waals surface area (Å²) < 4.78 is 12.8. The van der Waals surface area contributed by atoms with E-state index in [2.05, 4.69) is 5.32 Å². The molecule has 2 amide bonds. The molecule has 0 saturated carbocycles. The first-order chi connectivity index (χ1) is 10.9. The number of carbonyl (C=O) groups excluding carboxylic acids is 2. The van der Waals surface area contributed by atoms with Gasteiger partial charge in [0.05, 0.1) is 6.42 Å². The van der Waals surface area contributed by atoms with Crippen molar-refractivity contribution in [3.05, 3.63) is 70.5 Å². The average molecular weight is 335 g/mol. The molecule has 0 aliphatic rings. The monoisotopic (exact) mass is 334 g/mol. The zero-order valence-electron chi connectivity index (χ0n) is 12.3. The third-order valence-corrected chi connectivity index (χ3v) is 3.52. The van der Waals surface area contributed by atoms with Gasteiger partial charge >= 0.3 is 0 Å². The van der Waals surface area contributed by atoms with Gasteiger partial charge in [-0.25, -0.2) is 4.39 Å². The van der Waals surface area contributed by atoms with Crippen LogP contribution in [0.1, 0.15) is 11.1 Å². The zero-order valence-corrected chi connectivity index (χ0v) is 13.0. The molecule has 2 aromatic carbocycles. The van der Waals surface area contributed by atoms with E-state index in [1.165, 1.54) is 24.3 Å². The van der Waals surface area contributed by atoms with Gasteiger partial charge in [0.25, 0.3) is 0 Å². The van der Waals surface area contributed by atoms with Gasteiger partial charge in [0.2, 0.25) is 11.8 Å². The predicted molar refractivity (Wildman–Crippen MR) is 86.4 cm³/mol. The van der Waals surface area contributed by atoms with E-state index in [0.717, 1.165) is 5.56 Å². The first-order valence-electron chi connectivity index (χ1n) is 7.01. The van der Waals surface area contributed by atoms with Crippen molar-refractivity contribution in [3.63, 3.8) is 0 Å². The summed E-state index contributed by atoms with van der Waals surface area (Å²) in [5.74, 6) is -1.36. The van der Waals surface area contributed by atoms with Crippen LogP contribution >= 0.6 is 11.6 Å². The van der Waals surface area contributed by atoms with Crippen molar-refractivity contribution >= 4 is 23.4 Å². The quantitative estimate of drug-likeness (QED) is 0.850. The summed E-state index contributed by atoms with van der Waals surface area (Å²) in [6, 6.07) is 11.8. The molecule has 0 aliphatic heterocycles. The maximum Gasteiger partial charge on any atom is 0.240 e. The van der Waals surface area contributed by atoms with Crippen molar-refractivity contribution in [2.45, 2.75) is 18.9 Å². The van der Waals surface area contributed by atoms with E-state index in [1.54, 1.807) is 24.3 Å². The Hall–Kier alpha value is -2.40. The molecule has 0 bridgehead atoms. The molecule has 0 fully saturated rings. The largest absolute Gasteiger partial charge is 0.368 e. The number of nitrogens with one attached hydrogen (secondary N) is 1. The van der Waals surface area contributed by atoms with Crippen molar-refractivity contribution in [1.82, 2.24) is 5.32 Å². The van der Waals surface area contributed by atoms with Gasteiger partial charge in [-0.15, -0.1) is 0 Å². The molecule has 0 radical (unpaired) electrons. The van der Waals surface area contributed by atoms with Gasteiger partial charge < -0.3 is 11.1 Å². The number of nitrogens with two attached hydrogens (primary N) is 1. The van der Waals surface area contributed by atoms with Crippen LogP contribution in [-0.2, 0) is 22.4 Å². The highest BCUT2D eigenvalue weighted by Crippen LogP contribution is 2.12. The zero-order chi connectivity index (χ0) is 16.8. The summed E-state index contributed by atoms with van der Waals surface area (Å²) in [7, 11) is 0. The fourth-order valence-electron chi connectivity index (χ4n) is 2.16. The van der Waals surface area contributed by atoms with Crippen molar-refractivity contribution in [2.75, 3.05) is 0 Å². The Morgan fingerprint density at radius 3 is 2.43 bits per heavy atom. The molecule has 0 aliphatic carbocycles. The first-order valence-corrected chi connectivity index (χ1v) is 7.39. The molecular formula is C17H16ClFN2O2. The van der Waals surface area contributed by atoms with E-state index in [4.69, 9.17) is 17.3 Å². The van der Waals surface area contributed by atoms with E-state index in [-0.39, 0.29) is 24.6 Å². The molecule has 4 nitrogen and oxygen atoms in total. The minimum Gasteiger partial charge on any atom is -0.368 e. The minimum absolute atomic E-state index is 0.0413. The minimum atomic E-state index is -0.832. The number of carbonyl (C=O) groups is 2. The third-order valence-electron chi connectivity index (χ3n) is 3.29. The number of rotatable bonds is 6. The molecule has 23 heavy (non-hydrogen) atoms. The van der Waals surface area contributed by atoms with Crippen LogP contribution in [0.25, 0.3) is 0 Å². The van der Waals surface area contributed by atoms with Gasteiger partial charge in [-0.1, -0.05) is 35.9 Å². The SMILES string of the molecule is NC(=O)[C@H](Cc1cccc(Cl)c1)NC(=O)Cc1ccc(F)cc1. The molecule has 6 heteroatoms. The second kappa shape index (κ2) is 7.74. The summed E-state index contributed by atoms with van der Waals surface area (Å²) >= 11 is 5.90. The van der Waals surface area contributed by atoms with E-state index in [0.29, 0.717) is 10.6 Å². The van der Waals surface area contributed by atoms with Crippen LogP contribution in [-0.4, -0.2) is 17.9 Å². The van der Waals surface area contributed by atoms with E-state index >= 15 is 0 Å². The van der Waals surface area contributed by atoms with Gasteiger partial charge in [-0.05, 0) is 35.4 Å². The molecule has 2 aromatic rings. The summed E-state index contributed by atoms with van der Waals surface area (Å²) in [5.41, 5.74) is 6.79. The highest BCUT2D eigenvalue weighted by Gasteiger charge is 2.18. The summed E-state index contributed by atoms with van der Waals surface area (Å²) in [6.07, 6.45) is 0.296. The molecule has 2 rings (SSSR count). The smallest absolute Gasteiger partial charge is 0.240 e. The van der Waals surface area contributed by atoms with Gasteiger partial charge in [0.15, 0.2) is 0 Å². The second-order valence-electron chi connectivity index (χ2n) is 5.16. The van der Waals surface area contributed by atoms with Gasteiger partial charge in [0.1, 0.15) is 11.9 Å². The number of halogens is 2. The van der Waals surface area contributed by atoms with E-state index in [1.807, 2.05) is 0 Å². The number of benzene rings is 2. The Labute approximate surface area is 138 Å². The van der Waals surface area contributed by atoms with Crippen LogP contribution in [0.3, 0.4) is 0 Å². The van der Waals surface area contributed by atoms with Crippen molar-refractivity contribution in [1.29, 1.82) is 0 Å². The third kappa shape index (κ3) is 5.38. The Balaban J connectivity index is 1.99. The fourth-order valence-corrected chi connectivity index (χ4v) is 2.37. The molecule has 0 heterocycles. The Bertz CT molecular complexity index is 704. The Morgan fingerprint density at radius 1 is 1.13 bits per heavy atom. The van der Waals surface area contributed by atoms with Crippen LogP contribution in [0.15, 0.2) is 48.5 Å². The van der Waals surface area contributed by atoms with Gasteiger partial charge in [0, 0.05) is 11.4 Å². The number of hydrogen-bond donors (Lipinski definition) is 2. The van der Waals surface area contributed by atoms with Crippen molar-refractivity contribution in [2.24, 2.45) is 5.73 Å². The lowest BCUT2D eigenvalue weighted by atomic mass is 10.0. The fraction of sp³-hybridized carbons (Fsp3) is 0.176. The van der Waals surface area contributed by atoms with Crippen LogP contribution in [0, 0.1) is 5.82 Å². The Morgan fingerprint density at radius 2 is 1.83 bits per heavy atom. The van der Waals surface area contributed by atoms with Crippen LogP contribution < -0.4 is 11.1 Å². The highest BCUT2D eigenvalue weighted by molar-refractivity contribution is 6.30. The van der Waals surface area contributed by atoms with Crippen molar-refractivity contribution in [3.8, 4) is 0 Å². The number of amides is 2. The maximum atomic E-state index is 12.8. The van der Waals surface area contributed by atoms with Crippen LogP contribution in [0.4, 0.5) is 4.39 Å². The second-order valence-corrected chi connectivity index (χ2v) is 5.60. The van der Waals surface area contributed by atoms with E-state index < -0.39 is 11.9 Å². The molecule has 1 atom stereocenters. The van der Waals surface area contributed by atoms with Crippen molar-refractivity contribution < 1.29 is 14.0 Å². The molecule has 0 saturated heterocycles. The van der Waals surface area contributed by atoms with Crippen LogP contribution in [0.2, 0.25) is 5.02 Å². The van der Waals surface area contributed by atoms with Gasteiger partial charge in [-0.3, -0.25) is 9.59 Å². The maximum absolute atomic E-state index is 12.8. The van der Waals surface area contributed by atoms with E-state index in [9.17, 15) is 14.0 Å². The topological polar surface area (TPSA) is 72.2 Å². The summed E-state index contributed by atoms with van der Waals surface area (Å²) in [4.78, 5) is 23.6. The molecule has 120 valence electrons. The average Bonchev–Trinajstić information content (AvgIpc) is 2.49. The number of primary amides is 1. The lowest BCUT2D eigenvalue weighted by Gasteiger charge is -2.16. The molecular weight excluding hydrogens is 319 g/mol. The Kier molecular flexibility index (Phi) is 5.71. The van der Waals surface area contributed by atoms with Gasteiger partial charge in [-0.2, -0.15) is 0 Å². The normalized spacial score (nSPS) is 11.7. The highest BCUT2D eigenvalue weighted by atomic mass is 35.5. The lowest BCUT2D eigenvalue weighted by molar-refractivity contribution is -0.127. The predicted octanol–water partition coefficient (Wildman–Crippen LogP) is 2.23. The molecule has 0 unspecified atom stereocenters. The summed E-state index contributed by atoms with van der Waals surface area (Å²) in [5, 5.41) is 3.14. The first kappa shape index (κ1) is 17.0. The molecule has 0 aromatic heterocycles. The lowest BCUT2D eigenvalue weighted by Crippen LogP contribution is -2.46. The number of hydrogen-bond acceptors (Lipinski definition) is 2. The molecule has 0 spiro atoms. The standard InChI is InChI=1S/C17H16ClFN2O2/c18-13-3-1-2-12(8-13)9-15(17(20)23)21-16(22)10-11-4-6-14(19)7-5-11/h1-8,15H,9-10H2,(H2,20,23)(H,21,22)/t15-/m0/s1. The summed E-state index contributed by atoms with van der Waals surface area (Å²) in [6.45, 7) is 0. The van der Waals surface area contributed by atoms with Crippen LogP contribution in [0.5, 0.6) is 0 Å². The molecule has 3 N–H and O–H groups in total.